The van der Waals surface area contributed by atoms with Crippen LogP contribution in [-0.2, 0) is 17.8 Å². The number of nitrogens with one attached hydrogen (secondary N) is 2. The molecule has 2 atom stereocenters. The van der Waals surface area contributed by atoms with Crippen molar-refractivity contribution < 1.29 is 9.53 Å². The molecule has 0 radical (unpaired) electrons. The molecule has 2 heterocycles. The number of ether oxygens (including phenoxy) is 1. The molecule has 0 aliphatic carbocycles. The summed E-state index contributed by atoms with van der Waals surface area (Å²) in [6.07, 6.45) is 2.43. The number of carbonyl (C=O) groups excluding carboxylic acids is 1. The largest absolute Gasteiger partial charge is 0.467 e. The van der Waals surface area contributed by atoms with Gasteiger partial charge in [0.2, 0.25) is 17.8 Å². The van der Waals surface area contributed by atoms with Crippen LogP contribution in [0.3, 0.4) is 0 Å². The first-order valence-electron chi connectivity index (χ1n) is 12.6. The van der Waals surface area contributed by atoms with E-state index in [2.05, 4.69) is 54.6 Å². The van der Waals surface area contributed by atoms with Crippen molar-refractivity contribution in [3.63, 3.8) is 0 Å². The smallest absolute Gasteiger partial charge is 0.321 e. The molecule has 0 fully saturated rings. The lowest BCUT2D eigenvalue weighted by Crippen LogP contribution is -2.37. The fraction of sp³-hybridized carbons (Fsp3) is 0.286. The summed E-state index contributed by atoms with van der Waals surface area (Å²) in [5.41, 5.74) is 8.62. The Balaban J connectivity index is 1.45. The number of aromatic nitrogens is 5. The van der Waals surface area contributed by atoms with Crippen LogP contribution in [0.25, 0.3) is 11.4 Å². The molecule has 2 unspecified atom stereocenters. The zero-order valence-corrected chi connectivity index (χ0v) is 22.5. The summed E-state index contributed by atoms with van der Waals surface area (Å²) < 4.78 is 5.32. The number of nitrogens with two attached hydrogens (primary N) is 1. The van der Waals surface area contributed by atoms with Gasteiger partial charge in [0.15, 0.2) is 5.82 Å². The first-order valence-corrected chi connectivity index (χ1v) is 12.6. The average molecular weight is 528 g/mol. The number of methoxy groups -OCH3 is 1. The maximum atomic E-state index is 11.8. The fourth-order valence-electron chi connectivity index (χ4n) is 3.85. The molecule has 39 heavy (non-hydrogen) atoms. The molecule has 4 N–H and O–H groups in total. The van der Waals surface area contributed by atoms with Crippen LogP contribution in [-0.4, -0.2) is 57.1 Å². The van der Waals surface area contributed by atoms with Crippen LogP contribution in [0.5, 0.6) is 6.01 Å². The number of anilines is 3. The third-order valence-corrected chi connectivity index (χ3v) is 5.89. The van der Waals surface area contributed by atoms with Gasteiger partial charge in [0.1, 0.15) is 5.82 Å². The number of rotatable bonds is 11. The second-order valence-electron chi connectivity index (χ2n) is 9.19. The highest BCUT2D eigenvalue weighted by atomic mass is 16.5. The quantitative estimate of drug-likeness (QED) is 0.266. The Bertz CT molecular complexity index is 1400. The molecule has 4 rings (SSSR count). The third-order valence-electron chi connectivity index (χ3n) is 5.89. The molecule has 0 saturated heterocycles. The van der Waals surface area contributed by atoms with E-state index in [4.69, 9.17) is 10.5 Å². The third kappa shape index (κ3) is 7.45. The number of hydrogen-bond acceptors (Lipinski definition) is 10. The van der Waals surface area contributed by atoms with Crippen LogP contribution in [0.4, 0.5) is 17.7 Å². The molecular weight excluding hydrogens is 494 g/mol. The van der Waals surface area contributed by atoms with Gasteiger partial charge in [-0.05, 0) is 37.5 Å². The normalized spacial score (nSPS) is 12.3. The first kappa shape index (κ1) is 27.4. The summed E-state index contributed by atoms with van der Waals surface area (Å²) >= 11 is 0. The SMILES string of the molecule is COc1nc(-c2ccccc2)nc(N(C)c2ccnc(NC(C)Cc3cccc(CNC(=O)C(C)N)c3)n2)n1. The highest BCUT2D eigenvalue weighted by Crippen LogP contribution is 2.24. The highest BCUT2D eigenvalue weighted by molar-refractivity contribution is 5.80. The Kier molecular flexibility index (Phi) is 8.95. The van der Waals surface area contributed by atoms with Gasteiger partial charge in [-0.1, -0.05) is 54.6 Å². The topological polar surface area (TPSA) is 144 Å². The van der Waals surface area contributed by atoms with Crippen LogP contribution in [0.15, 0.2) is 66.9 Å². The van der Waals surface area contributed by atoms with Crippen LogP contribution in [0, 0.1) is 0 Å². The van der Waals surface area contributed by atoms with E-state index < -0.39 is 6.04 Å². The summed E-state index contributed by atoms with van der Waals surface area (Å²) in [5.74, 6) is 1.82. The van der Waals surface area contributed by atoms with Gasteiger partial charge in [0, 0.05) is 31.4 Å². The minimum Gasteiger partial charge on any atom is -0.467 e. The minimum atomic E-state index is -0.537. The van der Waals surface area contributed by atoms with Crippen molar-refractivity contribution in [3.05, 3.63) is 78.0 Å². The Morgan fingerprint density at radius 2 is 1.77 bits per heavy atom. The summed E-state index contributed by atoms with van der Waals surface area (Å²) in [7, 11) is 3.35. The first-order chi connectivity index (χ1) is 18.8. The van der Waals surface area contributed by atoms with Gasteiger partial charge in [0.25, 0.3) is 0 Å². The van der Waals surface area contributed by atoms with E-state index in [-0.39, 0.29) is 18.0 Å². The summed E-state index contributed by atoms with van der Waals surface area (Å²) in [6.45, 7) is 4.16. The molecule has 0 aliphatic rings. The fourth-order valence-corrected chi connectivity index (χ4v) is 3.85. The molecule has 1 amide bonds. The van der Waals surface area contributed by atoms with Crippen molar-refractivity contribution in [1.29, 1.82) is 0 Å². The molecule has 11 heteroatoms. The lowest BCUT2D eigenvalue weighted by atomic mass is 10.0. The summed E-state index contributed by atoms with van der Waals surface area (Å²) in [6, 6.07) is 19.2. The zero-order chi connectivity index (χ0) is 27.8. The minimum absolute atomic E-state index is 0.0430. The van der Waals surface area contributed by atoms with E-state index in [1.165, 1.54) is 7.11 Å². The summed E-state index contributed by atoms with van der Waals surface area (Å²) in [4.78, 5) is 36.0. The predicted molar refractivity (Wildman–Crippen MR) is 151 cm³/mol. The van der Waals surface area contributed by atoms with Crippen molar-refractivity contribution in [2.45, 2.75) is 38.9 Å². The zero-order valence-electron chi connectivity index (χ0n) is 22.5. The van der Waals surface area contributed by atoms with E-state index in [1.54, 1.807) is 24.1 Å². The van der Waals surface area contributed by atoms with Gasteiger partial charge in [-0.2, -0.15) is 19.9 Å². The maximum Gasteiger partial charge on any atom is 0.321 e. The number of amides is 1. The van der Waals surface area contributed by atoms with Crippen molar-refractivity contribution >= 4 is 23.6 Å². The Morgan fingerprint density at radius 3 is 2.51 bits per heavy atom. The van der Waals surface area contributed by atoms with E-state index >= 15 is 0 Å². The Hall–Kier alpha value is -4.64. The van der Waals surface area contributed by atoms with Crippen LogP contribution < -0.4 is 26.0 Å². The highest BCUT2D eigenvalue weighted by Gasteiger charge is 2.16. The molecule has 0 bridgehead atoms. The standard InChI is InChI=1S/C28H33N9O2/c1-18(15-20-9-8-10-21(16-20)17-31-25(38)19(2)29)32-26-30-14-13-23(33-26)37(3)27-34-24(35-28(36-27)39-4)22-11-6-5-7-12-22/h5-14,16,18-19H,15,17,29H2,1-4H3,(H,31,38)(H,30,32,33). The molecule has 11 nitrogen and oxygen atoms in total. The number of carbonyl (C=O) groups is 1. The van der Waals surface area contributed by atoms with Gasteiger partial charge < -0.3 is 21.1 Å². The molecule has 0 spiro atoms. The van der Waals surface area contributed by atoms with Crippen LogP contribution in [0.2, 0.25) is 0 Å². The second kappa shape index (κ2) is 12.7. The van der Waals surface area contributed by atoms with E-state index in [0.717, 1.165) is 23.1 Å². The van der Waals surface area contributed by atoms with Gasteiger partial charge >= 0.3 is 6.01 Å². The lowest BCUT2D eigenvalue weighted by Gasteiger charge is -2.19. The van der Waals surface area contributed by atoms with Crippen molar-refractivity contribution in [3.8, 4) is 17.4 Å². The lowest BCUT2D eigenvalue weighted by molar-refractivity contribution is -0.122. The second-order valence-corrected chi connectivity index (χ2v) is 9.19. The molecular formula is C28H33N9O2. The van der Waals surface area contributed by atoms with Gasteiger partial charge in [-0.3, -0.25) is 9.69 Å². The molecule has 2 aromatic carbocycles. The Labute approximate surface area is 227 Å². The van der Waals surface area contributed by atoms with Crippen molar-refractivity contribution in [2.75, 3.05) is 24.4 Å². The molecule has 2 aromatic heterocycles. The maximum absolute atomic E-state index is 11.8. The van der Waals surface area contributed by atoms with Gasteiger partial charge in [-0.25, -0.2) is 4.98 Å². The van der Waals surface area contributed by atoms with E-state index in [9.17, 15) is 4.79 Å². The van der Waals surface area contributed by atoms with Gasteiger partial charge in [0.05, 0.1) is 13.2 Å². The Morgan fingerprint density at radius 1 is 1.00 bits per heavy atom. The van der Waals surface area contributed by atoms with Crippen molar-refractivity contribution in [2.24, 2.45) is 5.73 Å². The number of hydrogen-bond donors (Lipinski definition) is 3. The van der Waals surface area contributed by atoms with Crippen LogP contribution >= 0.6 is 0 Å². The molecule has 0 aliphatic heterocycles. The monoisotopic (exact) mass is 527 g/mol. The average Bonchev–Trinajstić information content (AvgIpc) is 2.95. The van der Waals surface area contributed by atoms with E-state index in [0.29, 0.717) is 30.1 Å². The molecule has 0 saturated carbocycles. The van der Waals surface area contributed by atoms with Crippen molar-refractivity contribution in [1.82, 2.24) is 30.2 Å². The number of nitrogens with zero attached hydrogens (tertiary/aromatic N) is 6. The predicted octanol–water partition coefficient (Wildman–Crippen LogP) is 3.11. The number of benzene rings is 2. The van der Waals surface area contributed by atoms with Gasteiger partial charge in [-0.15, -0.1) is 0 Å². The summed E-state index contributed by atoms with van der Waals surface area (Å²) in [5, 5.41) is 6.21. The molecule has 4 aromatic rings. The molecule has 202 valence electrons. The van der Waals surface area contributed by atoms with E-state index in [1.807, 2.05) is 49.5 Å². The van der Waals surface area contributed by atoms with Crippen LogP contribution in [0.1, 0.15) is 25.0 Å².